The largest absolute Gasteiger partial charge is 0.308 e. The van der Waals surface area contributed by atoms with Crippen LogP contribution >= 0.6 is 11.3 Å². The van der Waals surface area contributed by atoms with Gasteiger partial charge in [-0.2, -0.15) is 0 Å². The van der Waals surface area contributed by atoms with Gasteiger partial charge in [-0.25, -0.2) is 0 Å². The van der Waals surface area contributed by atoms with E-state index in [1.807, 2.05) is 11.7 Å². The molecule has 1 heterocycles. The maximum absolute atomic E-state index is 4.08. The highest BCUT2D eigenvalue weighted by atomic mass is 32.1. The first-order valence-corrected chi connectivity index (χ1v) is 6.97. The zero-order valence-corrected chi connectivity index (χ0v) is 10.5. The molecule has 2 nitrogen and oxygen atoms in total. The number of aromatic nitrogens is 1. The fourth-order valence-corrected chi connectivity index (χ4v) is 2.70. The average Bonchev–Trinajstić information content (AvgIpc) is 3.08. The fourth-order valence-electron chi connectivity index (χ4n) is 2.14. The molecule has 1 aliphatic carbocycles. The third-order valence-corrected chi connectivity index (χ3v) is 3.95. The molecule has 3 rings (SSSR count). The third-order valence-electron chi connectivity index (χ3n) is 3.17. The van der Waals surface area contributed by atoms with Crippen molar-refractivity contribution in [1.82, 2.24) is 10.3 Å². The van der Waals surface area contributed by atoms with Crippen molar-refractivity contribution in [3.8, 4) is 0 Å². The molecule has 88 valence electrons. The molecule has 1 aromatic carbocycles. The second-order valence-corrected chi connectivity index (χ2v) is 5.52. The van der Waals surface area contributed by atoms with Gasteiger partial charge in [0.15, 0.2) is 0 Å². The van der Waals surface area contributed by atoms with Gasteiger partial charge in [-0.1, -0.05) is 24.3 Å². The summed E-state index contributed by atoms with van der Waals surface area (Å²) in [5.74, 6) is 0.830. The van der Waals surface area contributed by atoms with Crippen molar-refractivity contribution in [3.63, 3.8) is 0 Å². The lowest BCUT2D eigenvalue weighted by Crippen LogP contribution is -2.13. The van der Waals surface area contributed by atoms with Crippen LogP contribution in [0.5, 0.6) is 0 Å². The third kappa shape index (κ3) is 2.73. The molecule has 0 amide bonds. The number of benzene rings is 1. The van der Waals surface area contributed by atoms with E-state index in [2.05, 4.69) is 34.6 Å². The van der Waals surface area contributed by atoms with Crippen molar-refractivity contribution in [2.75, 3.05) is 0 Å². The van der Waals surface area contributed by atoms with Gasteiger partial charge in [-0.3, -0.25) is 4.98 Å². The maximum Gasteiger partial charge on any atom is 0.0794 e. The monoisotopic (exact) mass is 244 g/mol. The van der Waals surface area contributed by atoms with Gasteiger partial charge in [0, 0.05) is 24.2 Å². The van der Waals surface area contributed by atoms with E-state index in [1.165, 1.54) is 23.3 Å². The van der Waals surface area contributed by atoms with E-state index in [0.717, 1.165) is 19.0 Å². The Morgan fingerprint density at radius 3 is 2.88 bits per heavy atom. The molecule has 2 aromatic rings. The summed E-state index contributed by atoms with van der Waals surface area (Å²) >= 11 is 1.71. The minimum absolute atomic E-state index is 0.830. The summed E-state index contributed by atoms with van der Waals surface area (Å²) in [5.41, 5.74) is 4.89. The molecule has 0 aliphatic heterocycles. The van der Waals surface area contributed by atoms with Crippen molar-refractivity contribution in [3.05, 3.63) is 52.0 Å². The Morgan fingerprint density at radius 2 is 2.12 bits per heavy atom. The Bertz CT molecular complexity index is 475. The van der Waals surface area contributed by atoms with Crippen molar-refractivity contribution in [2.45, 2.75) is 31.8 Å². The average molecular weight is 244 g/mol. The summed E-state index contributed by atoms with van der Waals surface area (Å²) in [7, 11) is 0. The highest BCUT2D eigenvalue weighted by molar-refractivity contribution is 7.09. The lowest BCUT2D eigenvalue weighted by Gasteiger charge is -2.09. The first kappa shape index (κ1) is 10.9. The SMILES string of the molecule is c1ccc(C2CC2)c(CNCc2cncs2)c1. The van der Waals surface area contributed by atoms with Crippen LogP contribution in [0, 0.1) is 0 Å². The van der Waals surface area contributed by atoms with Crippen molar-refractivity contribution >= 4 is 11.3 Å². The molecular weight excluding hydrogens is 228 g/mol. The number of nitrogens with one attached hydrogen (secondary N) is 1. The molecule has 0 atom stereocenters. The van der Waals surface area contributed by atoms with E-state index in [-0.39, 0.29) is 0 Å². The Hall–Kier alpha value is -1.19. The van der Waals surface area contributed by atoms with E-state index in [4.69, 9.17) is 0 Å². The second-order valence-electron chi connectivity index (χ2n) is 4.54. The fraction of sp³-hybridized carbons (Fsp3) is 0.357. The van der Waals surface area contributed by atoms with Crippen molar-refractivity contribution in [1.29, 1.82) is 0 Å². The molecule has 0 radical (unpaired) electrons. The van der Waals surface area contributed by atoms with Crippen molar-refractivity contribution in [2.24, 2.45) is 0 Å². The quantitative estimate of drug-likeness (QED) is 0.873. The molecule has 0 spiro atoms. The molecule has 1 saturated carbocycles. The number of hydrogen-bond donors (Lipinski definition) is 1. The summed E-state index contributed by atoms with van der Waals surface area (Å²) in [6.07, 6.45) is 4.67. The Morgan fingerprint density at radius 1 is 1.24 bits per heavy atom. The van der Waals surface area contributed by atoms with Gasteiger partial charge in [-0.15, -0.1) is 11.3 Å². The standard InChI is InChI=1S/C14H16N2S/c1-2-4-14(11-5-6-11)12(3-1)7-15-8-13-9-16-10-17-13/h1-4,9-11,15H,5-8H2. The normalized spacial score (nSPS) is 15.1. The lowest BCUT2D eigenvalue weighted by molar-refractivity contribution is 0.694. The van der Waals surface area contributed by atoms with Gasteiger partial charge < -0.3 is 5.32 Å². The van der Waals surface area contributed by atoms with E-state index >= 15 is 0 Å². The summed E-state index contributed by atoms with van der Waals surface area (Å²) < 4.78 is 0. The summed E-state index contributed by atoms with van der Waals surface area (Å²) in [6, 6.07) is 8.81. The van der Waals surface area contributed by atoms with Crippen LogP contribution in [0.25, 0.3) is 0 Å². The van der Waals surface area contributed by atoms with Gasteiger partial charge in [0.05, 0.1) is 5.51 Å². The first-order chi connectivity index (χ1) is 8.43. The van der Waals surface area contributed by atoms with E-state index in [1.54, 1.807) is 16.9 Å². The van der Waals surface area contributed by atoms with Crippen LogP contribution in [0.4, 0.5) is 0 Å². The van der Waals surface area contributed by atoms with E-state index in [0.29, 0.717) is 0 Å². The van der Waals surface area contributed by atoms with Crippen LogP contribution < -0.4 is 5.32 Å². The van der Waals surface area contributed by atoms with Crippen LogP contribution in [-0.2, 0) is 13.1 Å². The number of thiazole rings is 1. The van der Waals surface area contributed by atoms with Crippen LogP contribution in [0.3, 0.4) is 0 Å². The summed E-state index contributed by atoms with van der Waals surface area (Å²) in [6.45, 7) is 1.88. The predicted octanol–water partition coefficient (Wildman–Crippen LogP) is 3.31. The van der Waals surface area contributed by atoms with Crippen LogP contribution in [0.1, 0.15) is 34.8 Å². The molecule has 17 heavy (non-hydrogen) atoms. The minimum Gasteiger partial charge on any atom is -0.308 e. The Kier molecular flexibility index (Phi) is 3.20. The number of nitrogens with zero attached hydrogens (tertiary/aromatic N) is 1. The van der Waals surface area contributed by atoms with Gasteiger partial charge in [0.25, 0.3) is 0 Å². The smallest absolute Gasteiger partial charge is 0.0794 e. The summed E-state index contributed by atoms with van der Waals surface area (Å²) in [4.78, 5) is 5.38. The van der Waals surface area contributed by atoms with Gasteiger partial charge in [-0.05, 0) is 29.9 Å². The lowest BCUT2D eigenvalue weighted by atomic mass is 10.0. The molecule has 3 heteroatoms. The topological polar surface area (TPSA) is 24.9 Å². The molecule has 1 N–H and O–H groups in total. The molecule has 1 fully saturated rings. The van der Waals surface area contributed by atoms with Crippen LogP contribution in [0.2, 0.25) is 0 Å². The molecule has 1 aliphatic rings. The molecule has 1 aromatic heterocycles. The van der Waals surface area contributed by atoms with E-state index < -0.39 is 0 Å². The highest BCUT2D eigenvalue weighted by Gasteiger charge is 2.25. The van der Waals surface area contributed by atoms with Crippen molar-refractivity contribution < 1.29 is 0 Å². The van der Waals surface area contributed by atoms with Gasteiger partial charge in [0.2, 0.25) is 0 Å². The zero-order valence-electron chi connectivity index (χ0n) is 9.73. The van der Waals surface area contributed by atoms with Gasteiger partial charge in [0.1, 0.15) is 0 Å². The maximum atomic E-state index is 4.08. The number of hydrogen-bond acceptors (Lipinski definition) is 3. The molecule has 0 unspecified atom stereocenters. The van der Waals surface area contributed by atoms with Gasteiger partial charge >= 0.3 is 0 Å². The Labute approximate surface area is 106 Å². The van der Waals surface area contributed by atoms with Crippen LogP contribution in [-0.4, -0.2) is 4.98 Å². The molecule has 0 saturated heterocycles. The second kappa shape index (κ2) is 4.98. The predicted molar refractivity (Wildman–Crippen MR) is 71.1 cm³/mol. The number of rotatable bonds is 5. The summed E-state index contributed by atoms with van der Waals surface area (Å²) in [5, 5.41) is 3.50. The molecule has 0 bridgehead atoms. The minimum atomic E-state index is 0.830. The van der Waals surface area contributed by atoms with E-state index in [9.17, 15) is 0 Å². The first-order valence-electron chi connectivity index (χ1n) is 6.09. The highest BCUT2D eigenvalue weighted by Crippen LogP contribution is 2.41. The zero-order chi connectivity index (χ0) is 11.5. The van der Waals surface area contributed by atoms with Crippen LogP contribution in [0.15, 0.2) is 36.0 Å². The molecular formula is C14H16N2S. The Balaban J connectivity index is 1.61.